The molecule has 1 unspecified atom stereocenters. The lowest BCUT2D eigenvalue weighted by atomic mass is 10.0. The molecule has 2 aliphatic rings. The minimum absolute atomic E-state index is 0.0229. The number of hydrogen-bond donors (Lipinski definition) is 1. The first kappa shape index (κ1) is 14.6. The maximum atomic E-state index is 12.3. The Morgan fingerprint density at radius 3 is 2.90 bits per heavy atom. The molecule has 2 saturated heterocycles. The number of piperidine rings is 1. The standard InChI is InChI=1S/C16H25N3O2/c1-13-3-2-8-18(11-13)12-14-4-5-15(21-14)16(20)19-9-6-17-7-10-19/h4-5,13,17H,2-3,6-12H2,1H3. The minimum Gasteiger partial charge on any atom is -0.455 e. The smallest absolute Gasteiger partial charge is 0.289 e. The van der Waals surface area contributed by atoms with Crippen molar-refractivity contribution in [3.05, 3.63) is 23.7 Å². The van der Waals surface area contributed by atoms with Gasteiger partial charge in [-0.25, -0.2) is 0 Å². The fraction of sp³-hybridized carbons (Fsp3) is 0.688. The summed E-state index contributed by atoms with van der Waals surface area (Å²) >= 11 is 0. The third kappa shape index (κ3) is 3.66. The molecule has 0 aliphatic carbocycles. The summed E-state index contributed by atoms with van der Waals surface area (Å²) in [6.07, 6.45) is 2.58. The van der Waals surface area contributed by atoms with Gasteiger partial charge in [-0.2, -0.15) is 0 Å². The topological polar surface area (TPSA) is 48.7 Å². The summed E-state index contributed by atoms with van der Waals surface area (Å²) in [5, 5.41) is 3.25. The van der Waals surface area contributed by atoms with Crippen molar-refractivity contribution in [2.45, 2.75) is 26.3 Å². The highest BCUT2D eigenvalue weighted by Gasteiger charge is 2.22. The van der Waals surface area contributed by atoms with Crippen molar-refractivity contribution in [2.75, 3.05) is 39.3 Å². The number of furan rings is 1. The molecular formula is C16H25N3O2. The number of amides is 1. The third-order valence-corrected chi connectivity index (χ3v) is 4.40. The van der Waals surface area contributed by atoms with E-state index >= 15 is 0 Å². The van der Waals surface area contributed by atoms with E-state index in [0.717, 1.165) is 57.5 Å². The molecule has 3 rings (SSSR count). The summed E-state index contributed by atoms with van der Waals surface area (Å²) in [5.74, 6) is 2.17. The molecular weight excluding hydrogens is 266 g/mol. The zero-order valence-electron chi connectivity index (χ0n) is 12.8. The minimum atomic E-state index is 0.0229. The van der Waals surface area contributed by atoms with Crippen molar-refractivity contribution >= 4 is 5.91 Å². The van der Waals surface area contributed by atoms with Gasteiger partial charge in [0.05, 0.1) is 6.54 Å². The average Bonchev–Trinajstić information content (AvgIpc) is 2.96. The van der Waals surface area contributed by atoms with Gasteiger partial charge < -0.3 is 14.6 Å². The second kappa shape index (κ2) is 6.62. The number of nitrogens with zero attached hydrogens (tertiary/aromatic N) is 2. The highest BCUT2D eigenvalue weighted by molar-refractivity contribution is 5.91. The molecule has 0 radical (unpaired) electrons. The van der Waals surface area contributed by atoms with Crippen LogP contribution in [0.3, 0.4) is 0 Å². The van der Waals surface area contributed by atoms with E-state index in [0.29, 0.717) is 5.76 Å². The lowest BCUT2D eigenvalue weighted by Crippen LogP contribution is -2.46. The van der Waals surface area contributed by atoms with Crippen LogP contribution in [0.15, 0.2) is 16.5 Å². The Balaban J connectivity index is 1.59. The van der Waals surface area contributed by atoms with Crippen LogP contribution in [0, 0.1) is 5.92 Å². The molecule has 116 valence electrons. The fourth-order valence-electron chi connectivity index (χ4n) is 3.25. The fourth-order valence-corrected chi connectivity index (χ4v) is 3.25. The van der Waals surface area contributed by atoms with E-state index < -0.39 is 0 Å². The van der Waals surface area contributed by atoms with Gasteiger partial charge in [0.25, 0.3) is 5.91 Å². The molecule has 3 heterocycles. The van der Waals surface area contributed by atoms with Crippen LogP contribution in [0.2, 0.25) is 0 Å². The Hall–Kier alpha value is -1.33. The summed E-state index contributed by atoms with van der Waals surface area (Å²) in [5.41, 5.74) is 0. The van der Waals surface area contributed by atoms with E-state index in [4.69, 9.17) is 4.42 Å². The Bertz CT molecular complexity index is 480. The maximum absolute atomic E-state index is 12.3. The van der Waals surface area contributed by atoms with E-state index in [9.17, 15) is 4.79 Å². The number of carbonyl (C=O) groups is 1. The van der Waals surface area contributed by atoms with Gasteiger partial charge in [-0.05, 0) is 37.4 Å². The van der Waals surface area contributed by atoms with Crippen molar-refractivity contribution in [2.24, 2.45) is 5.92 Å². The van der Waals surface area contributed by atoms with E-state index in [1.807, 2.05) is 17.0 Å². The number of piperazine rings is 1. The Labute approximate surface area is 126 Å². The number of rotatable bonds is 3. The quantitative estimate of drug-likeness (QED) is 0.918. The summed E-state index contributed by atoms with van der Waals surface area (Å²) in [4.78, 5) is 16.6. The first-order valence-corrected chi connectivity index (χ1v) is 8.03. The van der Waals surface area contributed by atoms with Gasteiger partial charge in [0.2, 0.25) is 0 Å². The molecule has 1 amide bonds. The first-order chi connectivity index (χ1) is 10.2. The highest BCUT2D eigenvalue weighted by Crippen LogP contribution is 2.19. The maximum Gasteiger partial charge on any atom is 0.289 e. The molecule has 1 aromatic heterocycles. The lowest BCUT2D eigenvalue weighted by Gasteiger charge is -2.30. The SMILES string of the molecule is CC1CCCN(Cc2ccc(C(=O)N3CCNCC3)o2)C1. The predicted octanol–water partition coefficient (Wildman–Crippen LogP) is 1.56. The molecule has 1 aromatic rings. The van der Waals surface area contributed by atoms with Gasteiger partial charge >= 0.3 is 0 Å². The van der Waals surface area contributed by atoms with Crippen LogP contribution in [-0.4, -0.2) is 55.0 Å². The molecule has 0 bridgehead atoms. The van der Waals surface area contributed by atoms with Gasteiger partial charge in [-0.3, -0.25) is 9.69 Å². The Morgan fingerprint density at radius 2 is 2.14 bits per heavy atom. The van der Waals surface area contributed by atoms with Crippen molar-refractivity contribution in [3.8, 4) is 0 Å². The molecule has 0 saturated carbocycles. The van der Waals surface area contributed by atoms with Crippen LogP contribution in [0.4, 0.5) is 0 Å². The average molecular weight is 291 g/mol. The van der Waals surface area contributed by atoms with Crippen molar-refractivity contribution in [3.63, 3.8) is 0 Å². The third-order valence-electron chi connectivity index (χ3n) is 4.40. The van der Waals surface area contributed by atoms with Gasteiger partial charge in [0.1, 0.15) is 5.76 Å². The normalized spacial score (nSPS) is 24.2. The number of likely N-dealkylation sites (tertiary alicyclic amines) is 1. The number of nitrogens with one attached hydrogen (secondary N) is 1. The number of hydrogen-bond acceptors (Lipinski definition) is 4. The molecule has 1 atom stereocenters. The van der Waals surface area contributed by atoms with E-state index in [1.165, 1.54) is 12.8 Å². The molecule has 1 N–H and O–H groups in total. The van der Waals surface area contributed by atoms with Crippen LogP contribution >= 0.6 is 0 Å². The zero-order valence-corrected chi connectivity index (χ0v) is 12.8. The second-order valence-corrected chi connectivity index (χ2v) is 6.29. The molecule has 2 fully saturated rings. The van der Waals surface area contributed by atoms with Gasteiger partial charge in [-0.1, -0.05) is 6.92 Å². The number of carbonyl (C=O) groups excluding carboxylic acids is 1. The predicted molar refractivity (Wildman–Crippen MR) is 81.2 cm³/mol. The largest absolute Gasteiger partial charge is 0.455 e. The highest BCUT2D eigenvalue weighted by atomic mass is 16.4. The monoisotopic (exact) mass is 291 g/mol. The van der Waals surface area contributed by atoms with Gasteiger partial charge in [0, 0.05) is 32.7 Å². The zero-order chi connectivity index (χ0) is 14.7. The van der Waals surface area contributed by atoms with Crippen LogP contribution in [-0.2, 0) is 6.54 Å². The summed E-state index contributed by atoms with van der Waals surface area (Å²) in [7, 11) is 0. The summed E-state index contributed by atoms with van der Waals surface area (Å²) in [6.45, 7) is 8.63. The van der Waals surface area contributed by atoms with Crippen LogP contribution in [0.5, 0.6) is 0 Å². The Morgan fingerprint density at radius 1 is 1.33 bits per heavy atom. The van der Waals surface area contributed by atoms with Crippen LogP contribution in [0.25, 0.3) is 0 Å². The van der Waals surface area contributed by atoms with Crippen LogP contribution < -0.4 is 5.32 Å². The van der Waals surface area contributed by atoms with E-state index in [1.54, 1.807) is 0 Å². The van der Waals surface area contributed by atoms with E-state index in [2.05, 4.69) is 17.1 Å². The van der Waals surface area contributed by atoms with E-state index in [-0.39, 0.29) is 5.91 Å². The lowest BCUT2D eigenvalue weighted by molar-refractivity contribution is 0.0698. The molecule has 2 aliphatic heterocycles. The van der Waals surface area contributed by atoms with Crippen molar-refractivity contribution in [1.29, 1.82) is 0 Å². The second-order valence-electron chi connectivity index (χ2n) is 6.29. The van der Waals surface area contributed by atoms with Crippen molar-refractivity contribution in [1.82, 2.24) is 15.1 Å². The molecule has 21 heavy (non-hydrogen) atoms. The first-order valence-electron chi connectivity index (χ1n) is 8.03. The van der Waals surface area contributed by atoms with Crippen molar-refractivity contribution < 1.29 is 9.21 Å². The molecule has 0 spiro atoms. The molecule has 5 heteroatoms. The summed E-state index contributed by atoms with van der Waals surface area (Å²) in [6, 6.07) is 3.78. The Kier molecular flexibility index (Phi) is 4.60. The van der Waals surface area contributed by atoms with Crippen LogP contribution in [0.1, 0.15) is 36.1 Å². The van der Waals surface area contributed by atoms with Gasteiger partial charge in [0.15, 0.2) is 5.76 Å². The molecule has 5 nitrogen and oxygen atoms in total. The van der Waals surface area contributed by atoms with Gasteiger partial charge in [-0.15, -0.1) is 0 Å². The molecule has 0 aromatic carbocycles. The summed E-state index contributed by atoms with van der Waals surface area (Å²) < 4.78 is 5.78.